The van der Waals surface area contributed by atoms with E-state index in [0.29, 0.717) is 27.3 Å². The predicted octanol–water partition coefficient (Wildman–Crippen LogP) is 3.05. The van der Waals surface area contributed by atoms with Gasteiger partial charge in [-0.15, -0.1) is 12.4 Å². The highest BCUT2D eigenvalue weighted by Gasteiger charge is 2.12. The van der Waals surface area contributed by atoms with Gasteiger partial charge in [0.25, 0.3) is 5.89 Å². The van der Waals surface area contributed by atoms with Gasteiger partial charge >= 0.3 is 0 Å². The van der Waals surface area contributed by atoms with Crippen molar-refractivity contribution in [3.63, 3.8) is 0 Å². The zero-order valence-corrected chi connectivity index (χ0v) is 13.5. The van der Waals surface area contributed by atoms with Gasteiger partial charge in [0.15, 0.2) is 5.82 Å². The summed E-state index contributed by atoms with van der Waals surface area (Å²) in [6.45, 7) is 2.03. The maximum absolute atomic E-state index is 13.4. The average molecular weight is 398 g/mol. The Morgan fingerprint density at radius 3 is 2.84 bits per heavy atom. The molecule has 1 unspecified atom stereocenters. The maximum Gasteiger partial charge on any atom is 0.258 e. The Hall–Kier alpha value is -0.730. The molecule has 1 heterocycles. The summed E-state index contributed by atoms with van der Waals surface area (Å²) < 4.78 is 19.1. The standard InChI is InChI=1S/C12H13FIN3O.ClH/c1-7(15-2)5-11-16-12(18-17-11)8-3-4-10(14)9(13)6-8;/h3-4,6-7,15H,5H2,1-2H3;1H. The molecule has 2 aromatic rings. The fraction of sp³-hybridized carbons (Fsp3) is 0.333. The van der Waals surface area contributed by atoms with Crippen LogP contribution in [0.1, 0.15) is 12.7 Å². The lowest BCUT2D eigenvalue weighted by atomic mass is 10.2. The van der Waals surface area contributed by atoms with Crippen LogP contribution in [0.5, 0.6) is 0 Å². The van der Waals surface area contributed by atoms with Crippen molar-refractivity contribution in [1.29, 1.82) is 0 Å². The molecule has 0 aliphatic carbocycles. The molecule has 0 spiro atoms. The second-order valence-electron chi connectivity index (χ2n) is 4.04. The Labute approximate surface area is 130 Å². The molecule has 19 heavy (non-hydrogen) atoms. The minimum atomic E-state index is -0.281. The first-order valence-corrected chi connectivity index (χ1v) is 6.63. The first kappa shape index (κ1) is 16.3. The lowest BCUT2D eigenvalue weighted by Crippen LogP contribution is -2.24. The zero-order valence-electron chi connectivity index (χ0n) is 10.5. The summed E-state index contributed by atoms with van der Waals surface area (Å²) in [7, 11) is 1.88. The smallest absolute Gasteiger partial charge is 0.258 e. The normalized spacial score (nSPS) is 12.0. The molecule has 0 fully saturated rings. The molecule has 104 valence electrons. The van der Waals surface area contributed by atoms with Gasteiger partial charge in [-0.1, -0.05) is 5.16 Å². The molecule has 0 amide bonds. The van der Waals surface area contributed by atoms with E-state index >= 15 is 0 Å². The first-order valence-electron chi connectivity index (χ1n) is 5.55. The highest BCUT2D eigenvalue weighted by Crippen LogP contribution is 2.21. The number of hydrogen-bond donors (Lipinski definition) is 1. The van der Waals surface area contributed by atoms with Crippen LogP contribution in [-0.4, -0.2) is 23.2 Å². The third-order valence-electron chi connectivity index (χ3n) is 2.62. The largest absolute Gasteiger partial charge is 0.334 e. The predicted molar refractivity (Wildman–Crippen MR) is 81.9 cm³/mol. The van der Waals surface area contributed by atoms with Gasteiger partial charge in [0.1, 0.15) is 5.82 Å². The summed E-state index contributed by atoms with van der Waals surface area (Å²) >= 11 is 1.94. The van der Waals surface area contributed by atoms with Crippen molar-refractivity contribution in [2.75, 3.05) is 7.05 Å². The Kier molecular flexibility index (Phi) is 6.15. The summed E-state index contributed by atoms with van der Waals surface area (Å²) in [5.41, 5.74) is 0.601. The molecule has 7 heteroatoms. The van der Waals surface area contributed by atoms with Crippen LogP contribution < -0.4 is 5.32 Å². The number of nitrogens with one attached hydrogen (secondary N) is 1. The third-order valence-corrected chi connectivity index (χ3v) is 3.49. The van der Waals surface area contributed by atoms with Gasteiger partial charge in [0.05, 0.1) is 0 Å². The minimum absolute atomic E-state index is 0. The van der Waals surface area contributed by atoms with Gasteiger partial charge in [0.2, 0.25) is 0 Å². The quantitative estimate of drug-likeness (QED) is 0.806. The van der Waals surface area contributed by atoms with Gasteiger partial charge < -0.3 is 9.84 Å². The summed E-state index contributed by atoms with van der Waals surface area (Å²) in [5.74, 6) is 0.686. The Balaban J connectivity index is 0.00000180. The second kappa shape index (κ2) is 7.16. The molecule has 0 radical (unpaired) electrons. The van der Waals surface area contributed by atoms with Crippen molar-refractivity contribution in [2.45, 2.75) is 19.4 Å². The van der Waals surface area contributed by atoms with Gasteiger partial charge in [-0.05, 0) is 54.8 Å². The molecular formula is C12H14ClFIN3O. The van der Waals surface area contributed by atoms with Crippen LogP contribution in [0.4, 0.5) is 4.39 Å². The zero-order chi connectivity index (χ0) is 13.1. The first-order chi connectivity index (χ1) is 8.60. The number of halogens is 3. The summed E-state index contributed by atoms with van der Waals surface area (Å²) in [6, 6.07) is 5.12. The van der Waals surface area contributed by atoms with Crippen LogP contribution in [0.2, 0.25) is 0 Å². The van der Waals surface area contributed by atoms with Crippen molar-refractivity contribution in [2.24, 2.45) is 0 Å². The molecule has 0 saturated carbocycles. The van der Waals surface area contributed by atoms with Crippen LogP contribution in [-0.2, 0) is 6.42 Å². The second-order valence-corrected chi connectivity index (χ2v) is 5.20. The average Bonchev–Trinajstić information content (AvgIpc) is 2.81. The van der Waals surface area contributed by atoms with Crippen molar-refractivity contribution >= 4 is 35.0 Å². The van der Waals surface area contributed by atoms with E-state index in [9.17, 15) is 4.39 Å². The molecule has 0 saturated heterocycles. The van der Waals surface area contributed by atoms with E-state index in [1.54, 1.807) is 12.1 Å². The van der Waals surface area contributed by atoms with E-state index in [1.807, 2.05) is 36.6 Å². The topological polar surface area (TPSA) is 51.0 Å². The maximum atomic E-state index is 13.4. The Morgan fingerprint density at radius 1 is 1.47 bits per heavy atom. The minimum Gasteiger partial charge on any atom is -0.334 e. The van der Waals surface area contributed by atoms with Crippen molar-refractivity contribution in [3.8, 4) is 11.5 Å². The molecule has 1 N–H and O–H groups in total. The van der Waals surface area contributed by atoms with Gasteiger partial charge in [-0.3, -0.25) is 0 Å². The molecule has 4 nitrogen and oxygen atoms in total. The van der Waals surface area contributed by atoms with Crippen LogP contribution in [0.15, 0.2) is 22.7 Å². The van der Waals surface area contributed by atoms with E-state index in [1.165, 1.54) is 6.07 Å². The summed E-state index contributed by atoms with van der Waals surface area (Å²) in [6.07, 6.45) is 0.673. The van der Waals surface area contributed by atoms with E-state index < -0.39 is 0 Å². The fourth-order valence-corrected chi connectivity index (χ4v) is 1.79. The fourth-order valence-electron chi connectivity index (χ4n) is 1.46. The molecule has 1 atom stereocenters. The van der Waals surface area contributed by atoms with Crippen LogP contribution in [0, 0.1) is 9.39 Å². The number of benzene rings is 1. The van der Waals surface area contributed by atoms with Crippen LogP contribution in [0.25, 0.3) is 11.5 Å². The molecule has 0 aliphatic heterocycles. The molecular weight excluding hydrogens is 384 g/mol. The lowest BCUT2D eigenvalue weighted by Gasteiger charge is -2.04. The van der Waals surface area contributed by atoms with Gasteiger partial charge in [-0.25, -0.2) is 4.39 Å². The Morgan fingerprint density at radius 2 is 2.21 bits per heavy atom. The van der Waals surface area contributed by atoms with Gasteiger partial charge in [-0.2, -0.15) is 4.98 Å². The number of rotatable bonds is 4. The number of aromatic nitrogens is 2. The molecule has 1 aromatic heterocycles. The Bertz CT molecular complexity index is 550. The van der Waals surface area contributed by atoms with E-state index in [2.05, 4.69) is 15.5 Å². The molecule has 2 rings (SSSR count). The highest BCUT2D eigenvalue weighted by molar-refractivity contribution is 14.1. The van der Waals surface area contributed by atoms with Gasteiger partial charge in [0, 0.05) is 21.6 Å². The number of nitrogens with zero attached hydrogens (tertiary/aromatic N) is 2. The third kappa shape index (κ3) is 4.12. The van der Waals surface area contributed by atoms with E-state index in [0.717, 1.165) is 0 Å². The number of hydrogen-bond acceptors (Lipinski definition) is 4. The summed E-state index contributed by atoms with van der Waals surface area (Å²) in [5, 5.41) is 6.98. The van der Waals surface area contributed by atoms with Crippen LogP contribution >= 0.6 is 35.0 Å². The lowest BCUT2D eigenvalue weighted by molar-refractivity contribution is 0.418. The molecule has 0 bridgehead atoms. The van der Waals surface area contributed by atoms with Crippen molar-refractivity contribution in [3.05, 3.63) is 33.4 Å². The van der Waals surface area contributed by atoms with E-state index in [4.69, 9.17) is 4.52 Å². The molecule has 0 aliphatic rings. The van der Waals surface area contributed by atoms with Crippen LogP contribution in [0.3, 0.4) is 0 Å². The van der Waals surface area contributed by atoms with E-state index in [-0.39, 0.29) is 24.3 Å². The summed E-state index contributed by atoms with van der Waals surface area (Å²) in [4.78, 5) is 4.25. The van der Waals surface area contributed by atoms with Crippen molar-refractivity contribution < 1.29 is 8.91 Å². The monoisotopic (exact) mass is 397 g/mol. The SMILES string of the molecule is CNC(C)Cc1noc(-c2ccc(I)c(F)c2)n1.Cl. The molecule has 1 aromatic carbocycles. The number of likely N-dealkylation sites (N-methyl/N-ethyl adjacent to an activating group) is 1. The van der Waals surface area contributed by atoms with Crippen molar-refractivity contribution in [1.82, 2.24) is 15.5 Å². The highest BCUT2D eigenvalue weighted by atomic mass is 127.